The molecular formula is C12H11NO4. The lowest BCUT2D eigenvalue weighted by Crippen LogP contribution is -2.01. The number of ether oxygens (including phenoxy) is 1. The highest BCUT2D eigenvalue weighted by atomic mass is 16.5. The average Bonchev–Trinajstić information content (AvgIpc) is 2.36. The van der Waals surface area contributed by atoms with Crippen molar-refractivity contribution in [3.63, 3.8) is 0 Å². The van der Waals surface area contributed by atoms with E-state index in [4.69, 9.17) is 9.84 Å². The predicted molar refractivity (Wildman–Crippen MR) is 63.6 cm³/mol. The average molecular weight is 233 g/mol. The number of rotatable bonds is 4. The molecule has 2 N–H and O–H groups in total. The lowest BCUT2D eigenvalue weighted by atomic mass is 10.1. The topological polar surface area (TPSA) is 79.1 Å². The van der Waals surface area contributed by atoms with Gasteiger partial charge in [0, 0.05) is 5.39 Å². The first-order valence-electron chi connectivity index (χ1n) is 5.09. The van der Waals surface area contributed by atoms with Gasteiger partial charge in [-0.2, -0.15) is 0 Å². The first kappa shape index (κ1) is 11.3. The van der Waals surface area contributed by atoms with Crippen molar-refractivity contribution in [1.29, 1.82) is 0 Å². The predicted octanol–water partition coefficient (Wildman–Crippen LogP) is 2.31. The van der Waals surface area contributed by atoms with E-state index >= 15 is 0 Å². The minimum absolute atomic E-state index is 0.0453. The lowest BCUT2D eigenvalue weighted by Gasteiger charge is -2.10. The fourth-order valence-electron chi connectivity index (χ4n) is 1.65. The molecule has 0 aliphatic heterocycles. The van der Waals surface area contributed by atoms with Crippen molar-refractivity contribution in [3.05, 3.63) is 35.2 Å². The van der Waals surface area contributed by atoms with Crippen LogP contribution in [0.3, 0.4) is 0 Å². The Kier molecular flexibility index (Phi) is 3.20. The molecule has 0 bridgehead atoms. The molecule has 0 amide bonds. The summed E-state index contributed by atoms with van der Waals surface area (Å²) >= 11 is 0. The zero-order chi connectivity index (χ0) is 12.3. The number of phenols is 1. The zero-order valence-corrected chi connectivity index (χ0v) is 8.96. The number of benzene rings is 2. The van der Waals surface area contributed by atoms with Crippen LogP contribution < -0.4 is 4.74 Å². The van der Waals surface area contributed by atoms with Crippen LogP contribution in [0, 0.1) is 4.91 Å². The van der Waals surface area contributed by atoms with Crippen molar-refractivity contribution < 1.29 is 14.9 Å². The van der Waals surface area contributed by atoms with Gasteiger partial charge in [-0.1, -0.05) is 24.3 Å². The minimum Gasteiger partial charge on any atom is -0.503 e. The van der Waals surface area contributed by atoms with Crippen LogP contribution >= 0.6 is 0 Å². The molecule has 2 aromatic carbocycles. The van der Waals surface area contributed by atoms with Crippen LogP contribution in [0.1, 0.15) is 0 Å². The third kappa shape index (κ3) is 2.05. The summed E-state index contributed by atoms with van der Waals surface area (Å²) < 4.78 is 5.14. The Balaban J connectivity index is 2.62. The number of nitroso groups, excluding NO2 is 1. The Morgan fingerprint density at radius 2 is 2.06 bits per heavy atom. The molecule has 5 nitrogen and oxygen atoms in total. The van der Waals surface area contributed by atoms with Gasteiger partial charge in [-0.15, -0.1) is 4.91 Å². The summed E-state index contributed by atoms with van der Waals surface area (Å²) in [5.74, 6) is -0.153. The summed E-state index contributed by atoms with van der Waals surface area (Å²) in [5, 5.41) is 22.6. The summed E-state index contributed by atoms with van der Waals surface area (Å²) in [6, 6.07) is 8.65. The molecule has 0 heterocycles. The molecule has 2 rings (SSSR count). The second-order valence-electron chi connectivity index (χ2n) is 3.46. The monoisotopic (exact) mass is 233 g/mol. The molecule has 0 unspecified atom stereocenters. The molecule has 0 aliphatic rings. The van der Waals surface area contributed by atoms with Crippen LogP contribution in [0.2, 0.25) is 0 Å². The van der Waals surface area contributed by atoms with Gasteiger partial charge >= 0.3 is 0 Å². The van der Waals surface area contributed by atoms with Gasteiger partial charge in [-0.05, 0) is 16.6 Å². The van der Waals surface area contributed by atoms with Crippen molar-refractivity contribution >= 4 is 16.5 Å². The van der Waals surface area contributed by atoms with Crippen molar-refractivity contribution in [2.24, 2.45) is 5.18 Å². The molecule has 17 heavy (non-hydrogen) atoms. The third-order valence-corrected chi connectivity index (χ3v) is 2.40. The molecule has 5 heteroatoms. The lowest BCUT2D eigenvalue weighted by molar-refractivity contribution is 0.197. The van der Waals surface area contributed by atoms with Gasteiger partial charge in [0.15, 0.2) is 17.2 Å². The molecule has 0 fully saturated rings. The molecule has 2 aromatic rings. The summed E-state index contributed by atoms with van der Waals surface area (Å²) in [6.45, 7) is -0.125. The van der Waals surface area contributed by atoms with Gasteiger partial charge < -0.3 is 14.9 Å². The maximum absolute atomic E-state index is 10.8. The fourth-order valence-corrected chi connectivity index (χ4v) is 1.65. The van der Waals surface area contributed by atoms with Gasteiger partial charge in [0.05, 0.1) is 6.61 Å². The third-order valence-electron chi connectivity index (χ3n) is 2.40. The SMILES string of the molecule is O=Nc1c(O)c(OCCO)cc2ccccc12. The number of fused-ring (bicyclic) bond motifs is 1. The number of phenolic OH excluding ortho intramolecular Hbond substituents is 1. The Morgan fingerprint density at radius 3 is 2.76 bits per heavy atom. The van der Waals surface area contributed by atoms with Crippen LogP contribution in [0.5, 0.6) is 11.5 Å². The summed E-state index contributed by atoms with van der Waals surface area (Å²) in [5.41, 5.74) is -0.0453. The van der Waals surface area contributed by atoms with E-state index in [2.05, 4.69) is 5.18 Å². The smallest absolute Gasteiger partial charge is 0.188 e. The minimum atomic E-state index is -0.299. The van der Waals surface area contributed by atoms with E-state index in [-0.39, 0.29) is 30.4 Å². The summed E-state index contributed by atoms with van der Waals surface area (Å²) in [6.07, 6.45) is 0. The Bertz CT molecular complexity index is 553. The van der Waals surface area contributed by atoms with E-state index in [1.54, 1.807) is 24.3 Å². The number of nitrogens with zero attached hydrogens (tertiary/aromatic N) is 1. The largest absolute Gasteiger partial charge is 0.503 e. The van der Waals surface area contributed by atoms with E-state index in [1.165, 1.54) is 0 Å². The van der Waals surface area contributed by atoms with Crippen molar-refractivity contribution in [2.75, 3.05) is 13.2 Å². The highest BCUT2D eigenvalue weighted by Gasteiger charge is 2.14. The normalized spacial score (nSPS) is 10.4. The van der Waals surface area contributed by atoms with Gasteiger partial charge in [-0.3, -0.25) is 0 Å². The second-order valence-corrected chi connectivity index (χ2v) is 3.46. The highest BCUT2D eigenvalue weighted by molar-refractivity contribution is 5.97. The van der Waals surface area contributed by atoms with Gasteiger partial charge in [0.2, 0.25) is 0 Å². The molecular weight excluding hydrogens is 222 g/mol. The van der Waals surface area contributed by atoms with E-state index in [0.29, 0.717) is 5.39 Å². The Labute approximate surface area is 97.2 Å². The van der Waals surface area contributed by atoms with Crippen LogP contribution in [-0.2, 0) is 0 Å². The maximum atomic E-state index is 10.8. The molecule has 0 atom stereocenters. The maximum Gasteiger partial charge on any atom is 0.188 e. The number of hydrogen-bond donors (Lipinski definition) is 2. The van der Waals surface area contributed by atoms with E-state index < -0.39 is 0 Å². The molecule has 0 saturated heterocycles. The molecule has 0 saturated carbocycles. The quantitative estimate of drug-likeness (QED) is 0.794. The number of aliphatic hydroxyl groups excluding tert-OH is 1. The summed E-state index contributed by atoms with van der Waals surface area (Å²) in [7, 11) is 0. The van der Waals surface area contributed by atoms with Crippen LogP contribution in [0.4, 0.5) is 5.69 Å². The fraction of sp³-hybridized carbons (Fsp3) is 0.167. The standard InChI is InChI=1S/C12H11NO4/c14-5-6-17-10-7-8-3-1-2-4-9(8)11(13-16)12(10)15/h1-4,7,14-15H,5-6H2. The van der Waals surface area contributed by atoms with Crippen LogP contribution in [0.25, 0.3) is 10.8 Å². The zero-order valence-electron chi connectivity index (χ0n) is 8.96. The molecule has 0 aromatic heterocycles. The molecule has 0 aliphatic carbocycles. The Morgan fingerprint density at radius 1 is 1.29 bits per heavy atom. The van der Waals surface area contributed by atoms with Crippen molar-refractivity contribution in [1.82, 2.24) is 0 Å². The molecule has 0 radical (unpaired) electrons. The summed E-state index contributed by atoms with van der Waals surface area (Å²) in [4.78, 5) is 10.8. The van der Waals surface area contributed by atoms with Crippen molar-refractivity contribution in [2.45, 2.75) is 0 Å². The highest BCUT2D eigenvalue weighted by Crippen LogP contribution is 2.42. The Hall–Kier alpha value is -2.14. The first-order valence-corrected chi connectivity index (χ1v) is 5.09. The van der Waals surface area contributed by atoms with Crippen LogP contribution in [0.15, 0.2) is 35.5 Å². The van der Waals surface area contributed by atoms with Gasteiger partial charge in [0.1, 0.15) is 6.61 Å². The van der Waals surface area contributed by atoms with E-state index in [9.17, 15) is 10.0 Å². The second kappa shape index (κ2) is 4.80. The number of hydrogen-bond acceptors (Lipinski definition) is 5. The molecule has 0 spiro atoms. The van der Waals surface area contributed by atoms with Crippen LogP contribution in [-0.4, -0.2) is 23.4 Å². The van der Waals surface area contributed by atoms with Gasteiger partial charge in [0.25, 0.3) is 0 Å². The number of aromatic hydroxyl groups is 1. The first-order chi connectivity index (χ1) is 8.27. The van der Waals surface area contributed by atoms with E-state index in [0.717, 1.165) is 5.39 Å². The van der Waals surface area contributed by atoms with Crippen molar-refractivity contribution in [3.8, 4) is 11.5 Å². The van der Waals surface area contributed by atoms with E-state index in [1.807, 2.05) is 6.07 Å². The number of aliphatic hydroxyl groups is 1. The van der Waals surface area contributed by atoms with Gasteiger partial charge in [-0.25, -0.2) is 0 Å². The molecule has 88 valence electrons.